The number of carboxylic acids is 1. The van der Waals surface area contributed by atoms with E-state index in [-0.39, 0.29) is 17.3 Å². The summed E-state index contributed by atoms with van der Waals surface area (Å²) in [6, 6.07) is 1.74. The van der Waals surface area contributed by atoms with Crippen LogP contribution in [0.3, 0.4) is 0 Å². The molecule has 0 fully saturated rings. The number of aliphatic carboxylic acids is 1. The Labute approximate surface area is 110 Å². The summed E-state index contributed by atoms with van der Waals surface area (Å²) < 4.78 is 0. The molecular weight excluding hydrogens is 254 g/mol. The Bertz CT molecular complexity index is 488. The number of aryl methyl sites for hydroxylation is 1. The van der Waals surface area contributed by atoms with E-state index in [0.717, 1.165) is 36.8 Å². The molecule has 0 saturated carbocycles. The number of carboxylic acid groups (broad SMARTS) is 1. The van der Waals surface area contributed by atoms with Gasteiger partial charge in [0.1, 0.15) is 5.75 Å². The first-order valence-corrected chi connectivity index (χ1v) is 6.40. The number of hydrogen-bond donors (Lipinski definition) is 3. The number of phenols is 1. The molecule has 1 aliphatic carbocycles. The number of aromatic hydroxyl groups is 1. The third-order valence-electron chi connectivity index (χ3n) is 3.50. The number of halogens is 1. The van der Waals surface area contributed by atoms with Crippen LogP contribution in [0.5, 0.6) is 5.75 Å². The van der Waals surface area contributed by atoms with Gasteiger partial charge in [0.2, 0.25) is 0 Å². The van der Waals surface area contributed by atoms with Crippen LogP contribution in [0, 0.1) is 0 Å². The SMILES string of the molecule is NCC(C(=O)O)c1c(O)c(Cl)cc2c1CCCC2. The van der Waals surface area contributed by atoms with Crippen LogP contribution >= 0.6 is 11.6 Å². The largest absolute Gasteiger partial charge is 0.506 e. The number of nitrogens with two attached hydrogens (primary N) is 1. The second kappa shape index (κ2) is 5.16. The van der Waals surface area contributed by atoms with E-state index in [1.165, 1.54) is 0 Å². The van der Waals surface area contributed by atoms with Crippen LogP contribution in [-0.2, 0) is 17.6 Å². The van der Waals surface area contributed by atoms with Crippen molar-refractivity contribution in [2.75, 3.05) is 6.54 Å². The number of hydrogen-bond acceptors (Lipinski definition) is 3. The standard InChI is InChI=1S/C13H16ClNO3/c14-10-5-7-3-1-2-4-8(7)11(12(10)16)9(6-15)13(17)18/h5,9,16H,1-4,6,15H2,(H,17,18). The molecule has 5 heteroatoms. The smallest absolute Gasteiger partial charge is 0.312 e. The number of benzene rings is 1. The second-order valence-electron chi connectivity index (χ2n) is 4.59. The molecule has 4 nitrogen and oxygen atoms in total. The Kier molecular flexibility index (Phi) is 3.78. The van der Waals surface area contributed by atoms with Gasteiger partial charge in [-0.1, -0.05) is 11.6 Å². The molecule has 0 aliphatic heterocycles. The Balaban J connectivity index is 2.63. The Morgan fingerprint density at radius 2 is 2.11 bits per heavy atom. The number of fused-ring (bicyclic) bond motifs is 1. The van der Waals surface area contributed by atoms with Crippen LogP contribution in [0.15, 0.2) is 6.07 Å². The molecule has 0 aromatic heterocycles. The molecule has 1 aromatic rings. The lowest BCUT2D eigenvalue weighted by molar-refractivity contribution is -0.138. The van der Waals surface area contributed by atoms with Gasteiger partial charge in [-0.15, -0.1) is 0 Å². The first-order chi connectivity index (χ1) is 8.56. The van der Waals surface area contributed by atoms with Crippen LogP contribution in [0.1, 0.15) is 35.4 Å². The van der Waals surface area contributed by atoms with E-state index in [9.17, 15) is 15.0 Å². The van der Waals surface area contributed by atoms with Crippen LogP contribution in [0.4, 0.5) is 0 Å². The maximum Gasteiger partial charge on any atom is 0.312 e. The van der Waals surface area contributed by atoms with Crippen molar-refractivity contribution in [3.05, 3.63) is 27.8 Å². The van der Waals surface area contributed by atoms with Gasteiger partial charge in [0.05, 0.1) is 10.9 Å². The van der Waals surface area contributed by atoms with Crippen LogP contribution in [0.2, 0.25) is 5.02 Å². The lowest BCUT2D eigenvalue weighted by Crippen LogP contribution is -2.24. The number of rotatable bonds is 3. The molecule has 2 rings (SSSR count). The summed E-state index contributed by atoms with van der Waals surface area (Å²) in [5.41, 5.74) is 7.89. The number of carbonyl (C=O) groups is 1. The molecule has 0 bridgehead atoms. The van der Waals surface area contributed by atoms with Gasteiger partial charge in [0.25, 0.3) is 0 Å². The predicted molar refractivity (Wildman–Crippen MR) is 69.2 cm³/mol. The summed E-state index contributed by atoms with van der Waals surface area (Å²) in [5.74, 6) is -2.05. The molecule has 4 N–H and O–H groups in total. The quantitative estimate of drug-likeness (QED) is 0.784. The lowest BCUT2D eigenvalue weighted by Gasteiger charge is -2.24. The van der Waals surface area contributed by atoms with Crippen molar-refractivity contribution in [1.82, 2.24) is 0 Å². The molecule has 18 heavy (non-hydrogen) atoms. The van der Waals surface area contributed by atoms with E-state index >= 15 is 0 Å². The van der Waals surface area contributed by atoms with Crippen molar-refractivity contribution in [3.63, 3.8) is 0 Å². The summed E-state index contributed by atoms with van der Waals surface area (Å²) in [6.45, 7) is -0.0460. The van der Waals surface area contributed by atoms with Crippen molar-refractivity contribution in [2.24, 2.45) is 5.73 Å². The first-order valence-electron chi connectivity index (χ1n) is 6.02. The highest BCUT2D eigenvalue weighted by atomic mass is 35.5. The van der Waals surface area contributed by atoms with Crippen molar-refractivity contribution in [1.29, 1.82) is 0 Å². The van der Waals surface area contributed by atoms with Crippen molar-refractivity contribution >= 4 is 17.6 Å². The van der Waals surface area contributed by atoms with Crippen LogP contribution in [-0.4, -0.2) is 22.7 Å². The van der Waals surface area contributed by atoms with E-state index in [2.05, 4.69) is 0 Å². The maximum absolute atomic E-state index is 11.2. The van der Waals surface area contributed by atoms with Gasteiger partial charge >= 0.3 is 5.97 Å². The molecule has 0 saturated heterocycles. The third kappa shape index (κ3) is 2.18. The van der Waals surface area contributed by atoms with Gasteiger partial charge in [-0.05, 0) is 42.9 Å². The highest BCUT2D eigenvalue weighted by Gasteiger charge is 2.28. The molecule has 0 heterocycles. The zero-order chi connectivity index (χ0) is 13.3. The summed E-state index contributed by atoms with van der Waals surface area (Å²) >= 11 is 5.97. The molecule has 0 amide bonds. The third-order valence-corrected chi connectivity index (χ3v) is 3.79. The summed E-state index contributed by atoms with van der Waals surface area (Å²) in [5, 5.41) is 19.5. The molecular formula is C13H16ClNO3. The predicted octanol–water partition coefficient (Wildman–Crippen LogP) is 2.05. The van der Waals surface area contributed by atoms with Gasteiger partial charge in [0, 0.05) is 12.1 Å². The average Bonchev–Trinajstić information content (AvgIpc) is 2.34. The van der Waals surface area contributed by atoms with Gasteiger partial charge in [-0.2, -0.15) is 0 Å². The van der Waals surface area contributed by atoms with E-state index < -0.39 is 11.9 Å². The van der Waals surface area contributed by atoms with Crippen molar-refractivity contribution in [3.8, 4) is 5.75 Å². The number of phenolic OH excluding ortho intramolecular Hbond substituents is 1. The summed E-state index contributed by atoms with van der Waals surface area (Å²) in [4.78, 5) is 11.2. The zero-order valence-electron chi connectivity index (χ0n) is 9.95. The monoisotopic (exact) mass is 269 g/mol. The second-order valence-corrected chi connectivity index (χ2v) is 5.00. The Morgan fingerprint density at radius 1 is 1.44 bits per heavy atom. The fourth-order valence-electron chi connectivity index (χ4n) is 2.61. The molecule has 1 unspecified atom stereocenters. The highest BCUT2D eigenvalue weighted by molar-refractivity contribution is 6.32. The summed E-state index contributed by atoms with van der Waals surface area (Å²) in [6.07, 6.45) is 3.71. The topological polar surface area (TPSA) is 83.6 Å². The van der Waals surface area contributed by atoms with Crippen molar-refractivity contribution < 1.29 is 15.0 Å². The fraction of sp³-hybridized carbons (Fsp3) is 0.462. The van der Waals surface area contributed by atoms with Crippen molar-refractivity contribution in [2.45, 2.75) is 31.6 Å². The van der Waals surface area contributed by atoms with Gasteiger partial charge in [-0.25, -0.2) is 0 Å². The van der Waals surface area contributed by atoms with E-state index in [0.29, 0.717) is 5.56 Å². The Morgan fingerprint density at radius 3 is 2.72 bits per heavy atom. The molecule has 98 valence electrons. The average molecular weight is 270 g/mol. The zero-order valence-corrected chi connectivity index (χ0v) is 10.7. The van der Waals surface area contributed by atoms with E-state index in [1.807, 2.05) is 0 Å². The normalized spacial score (nSPS) is 16.1. The Hall–Kier alpha value is -1.26. The highest BCUT2D eigenvalue weighted by Crippen LogP contribution is 2.40. The maximum atomic E-state index is 11.2. The minimum absolute atomic E-state index is 0.0460. The summed E-state index contributed by atoms with van der Waals surface area (Å²) in [7, 11) is 0. The lowest BCUT2D eigenvalue weighted by atomic mass is 9.83. The van der Waals surface area contributed by atoms with E-state index in [4.69, 9.17) is 17.3 Å². The van der Waals surface area contributed by atoms with Gasteiger partial charge in [-0.3, -0.25) is 4.79 Å². The molecule has 1 atom stereocenters. The van der Waals surface area contributed by atoms with E-state index in [1.54, 1.807) is 6.07 Å². The minimum atomic E-state index is -1.03. The fourth-order valence-corrected chi connectivity index (χ4v) is 2.84. The molecule has 0 spiro atoms. The first kappa shape index (κ1) is 13.2. The molecule has 1 aliphatic rings. The molecule has 1 aromatic carbocycles. The minimum Gasteiger partial charge on any atom is -0.506 e. The van der Waals surface area contributed by atoms with Gasteiger partial charge in [0.15, 0.2) is 0 Å². The van der Waals surface area contributed by atoms with Crippen LogP contribution in [0.25, 0.3) is 0 Å². The van der Waals surface area contributed by atoms with Gasteiger partial charge < -0.3 is 15.9 Å². The molecule has 0 radical (unpaired) electrons. The van der Waals surface area contributed by atoms with Crippen LogP contribution < -0.4 is 5.73 Å².